The van der Waals surface area contributed by atoms with Crippen LogP contribution in [0.2, 0.25) is 0 Å². The first kappa shape index (κ1) is 14.7. The van der Waals surface area contributed by atoms with Gasteiger partial charge in [0.2, 0.25) is 5.91 Å². The average Bonchev–Trinajstić information content (AvgIpc) is 3.02. The topological polar surface area (TPSA) is 68.2 Å². The fourth-order valence-corrected chi connectivity index (χ4v) is 2.37. The van der Waals surface area contributed by atoms with E-state index in [4.69, 9.17) is 4.74 Å². The van der Waals surface area contributed by atoms with Crippen molar-refractivity contribution in [2.24, 2.45) is 0 Å². The van der Waals surface area contributed by atoms with E-state index in [0.29, 0.717) is 31.0 Å². The highest BCUT2D eigenvalue weighted by Crippen LogP contribution is 2.18. The molecule has 6 nitrogen and oxygen atoms in total. The molecule has 1 fully saturated rings. The smallest absolute Gasteiger partial charge is 0.226 e. The van der Waals surface area contributed by atoms with Gasteiger partial charge in [-0.05, 0) is 24.3 Å². The quantitative estimate of drug-likeness (QED) is 0.894. The van der Waals surface area contributed by atoms with Crippen molar-refractivity contribution >= 4 is 11.6 Å². The number of amides is 1. The van der Waals surface area contributed by atoms with E-state index < -0.39 is 5.82 Å². The summed E-state index contributed by atoms with van der Waals surface area (Å²) in [6, 6.07) is 6.25. The number of ether oxygens (including phenoxy) is 1. The molecule has 1 aromatic heterocycles. The lowest BCUT2D eigenvalue weighted by Crippen LogP contribution is -2.43. The van der Waals surface area contributed by atoms with Crippen LogP contribution < -0.4 is 10.6 Å². The molecule has 0 spiro atoms. The van der Waals surface area contributed by atoms with Gasteiger partial charge in [0, 0.05) is 37.1 Å². The maximum absolute atomic E-state index is 14.1. The number of halogens is 1. The second kappa shape index (κ2) is 6.67. The molecule has 116 valence electrons. The molecular weight excluding hydrogens is 287 g/mol. The molecule has 2 aromatic rings. The van der Waals surface area contributed by atoms with Crippen LogP contribution in [0.25, 0.3) is 5.69 Å². The Balaban J connectivity index is 1.63. The summed E-state index contributed by atoms with van der Waals surface area (Å²) < 4.78 is 20.8. The van der Waals surface area contributed by atoms with Crippen molar-refractivity contribution in [3.8, 4) is 5.69 Å². The second-order valence-electron chi connectivity index (χ2n) is 5.10. The Morgan fingerprint density at radius 3 is 3.14 bits per heavy atom. The molecule has 7 heteroatoms. The fraction of sp³-hybridized carbons (Fsp3) is 0.333. The molecule has 1 saturated heterocycles. The van der Waals surface area contributed by atoms with Crippen molar-refractivity contribution in [2.45, 2.75) is 12.5 Å². The first-order valence-electron chi connectivity index (χ1n) is 7.13. The van der Waals surface area contributed by atoms with Crippen molar-refractivity contribution in [3.63, 3.8) is 0 Å². The molecule has 2 heterocycles. The Labute approximate surface area is 127 Å². The number of morpholine rings is 1. The van der Waals surface area contributed by atoms with Gasteiger partial charge in [0.1, 0.15) is 5.69 Å². The van der Waals surface area contributed by atoms with Gasteiger partial charge in [-0.1, -0.05) is 0 Å². The Hall–Kier alpha value is -2.25. The minimum atomic E-state index is -0.444. The van der Waals surface area contributed by atoms with Gasteiger partial charge in [0.05, 0.1) is 13.2 Å². The Morgan fingerprint density at radius 1 is 1.55 bits per heavy atom. The molecule has 1 aliphatic rings. The maximum atomic E-state index is 14.1. The summed E-state index contributed by atoms with van der Waals surface area (Å²) in [5.41, 5.74) is 0.764. The van der Waals surface area contributed by atoms with Crippen LogP contribution in [0.15, 0.2) is 36.7 Å². The number of nitrogens with zero attached hydrogens (tertiary/aromatic N) is 2. The van der Waals surface area contributed by atoms with Crippen LogP contribution in [0.1, 0.15) is 6.42 Å². The molecule has 0 radical (unpaired) electrons. The van der Waals surface area contributed by atoms with E-state index in [1.54, 1.807) is 30.6 Å². The fourth-order valence-electron chi connectivity index (χ4n) is 2.37. The first-order chi connectivity index (χ1) is 10.7. The SMILES string of the molecule is O=C(CC1COCCN1)Nc1ccc(-n2cccn2)c(F)c1. The predicted molar refractivity (Wildman–Crippen MR) is 79.4 cm³/mol. The van der Waals surface area contributed by atoms with E-state index in [1.165, 1.54) is 10.7 Å². The maximum Gasteiger partial charge on any atom is 0.226 e. The predicted octanol–water partition coefficient (Wildman–Crippen LogP) is 1.33. The summed E-state index contributed by atoms with van der Waals surface area (Å²) in [6.45, 7) is 1.92. The van der Waals surface area contributed by atoms with Gasteiger partial charge in [0.25, 0.3) is 0 Å². The van der Waals surface area contributed by atoms with Crippen molar-refractivity contribution in [1.29, 1.82) is 0 Å². The molecule has 1 amide bonds. The summed E-state index contributed by atoms with van der Waals surface area (Å²) in [4.78, 5) is 12.0. The molecule has 3 rings (SSSR count). The number of carbonyl (C=O) groups is 1. The van der Waals surface area contributed by atoms with Gasteiger partial charge in [-0.2, -0.15) is 5.10 Å². The molecule has 1 unspecified atom stereocenters. The second-order valence-corrected chi connectivity index (χ2v) is 5.10. The van der Waals surface area contributed by atoms with E-state index in [9.17, 15) is 9.18 Å². The van der Waals surface area contributed by atoms with Gasteiger partial charge in [-0.3, -0.25) is 4.79 Å². The molecule has 2 N–H and O–H groups in total. The summed E-state index contributed by atoms with van der Waals surface area (Å²) in [5, 5.41) is 9.88. The Morgan fingerprint density at radius 2 is 2.45 bits per heavy atom. The minimum absolute atomic E-state index is 0.00180. The van der Waals surface area contributed by atoms with Crippen LogP contribution in [0.3, 0.4) is 0 Å². The van der Waals surface area contributed by atoms with Gasteiger partial charge >= 0.3 is 0 Å². The molecule has 0 aliphatic carbocycles. The van der Waals surface area contributed by atoms with Gasteiger partial charge in [-0.15, -0.1) is 0 Å². The number of hydrogen-bond acceptors (Lipinski definition) is 4. The Kier molecular flexibility index (Phi) is 4.45. The number of anilines is 1. The third-order valence-electron chi connectivity index (χ3n) is 3.41. The molecular formula is C15H17FN4O2. The van der Waals surface area contributed by atoms with E-state index in [0.717, 1.165) is 6.54 Å². The lowest BCUT2D eigenvalue weighted by molar-refractivity contribution is -0.117. The summed E-state index contributed by atoms with van der Waals surface area (Å²) in [5.74, 6) is -0.616. The monoisotopic (exact) mass is 304 g/mol. The summed E-state index contributed by atoms with van der Waals surface area (Å²) in [7, 11) is 0. The lowest BCUT2D eigenvalue weighted by atomic mass is 10.2. The Bertz CT molecular complexity index is 639. The van der Waals surface area contributed by atoms with Crippen molar-refractivity contribution in [1.82, 2.24) is 15.1 Å². The van der Waals surface area contributed by atoms with Gasteiger partial charge < -0.3 is 15.4 Å². The van der Waals surface area contributed by atoms with Gasteiger partial charge in [-0.25, -0.2) is 9.07 Å². The molecule has 1 aromatic carbocycles. The number of aromatic nitrogens is 2. The van der Waals surface area contributed by atoms with Crippen LogP contribution in [-0.2, 0) is 9.53 Å². The van der Waals surface area contributed by atoms with Crippen LogP contribution in [0.4, 0.5) is 10.1 Å². The largest absolute Gasteiger partial charge is 0.378 e. The van der Waals surface area contributed by atoms with E-state index in [-0.39, 0.29) is 11.9 Å². The number of carbonyl (C=O) groups excluding carboxylic acids is 1. The average molecular weight is 304 g/mol. The zero-order valence-electron chi connectivity index (χ0n) is 12.0. The van der Waals surface area contributed by atoms with Crippen molar-refractivity contribution in [2.75, 3.05) is 25.1 Å². The highest BCUT2D eigenvalue weighted by molar-refractivity contribution is 5.91. The van der Waals surface area contributed by atoms with E-state index in [2.05, 4.69) is 15.7 Å². The third kappa shape index (κ3) is 3.49. The number of benzene rings is 1. The number of nitrogens with one attached hydrogen (secondary N) is 2. The van der Waals surface area contributed by atoms with E-state index in [1.807, 2.05) is 0 Å². The van der Waals surface area contributed by atoms with Crippen molar-refractivity contribution in [3.05, 3.63) is 42.5 Å². The highest BCUT2D eigenvalue weighted by atomic mass is 19.1. The van der Waals surface area contributed by atoms with Crippen molar-refractivity contribution < 1.29 is 13.9 Å². The molecule has 0 bridgehead atoms. The van der Waals surface area contributed by atoms with E-state index >= 15 is 0 Å². The van der Waals surface area contributed by atoms with Crippen LogP contribution >= 0.6 is 0 Å². The first-order valence-corrected chi connectivity index (χ1v) is 7.13. The normalized spacial score (nSPS) is 18.1. The minimum Gasteiger partial charge on any atom is -0.378 e. The summed E-state index contributed by atoms with van der Waals surface area (Å²) in [6.07, 6.45) is 3.53. The van der Waals surface area contributed by atoms with Crippen LogP contribution in [0.5, 0.6) is 0 Å². The van der Waals surface area contributed by atoms with Crippen LogP contribution in [0, 0.1) is 5.82 Å². The summed E-state index contributed by atoms with van der Waals surface area (Å²) >= 11 is 0. The molecule has 22 heavy (non-hydrogen) atoms. The lowest BCUT2D eigenvalue weighted by Gasteiger charge is -2.23. The molecule has 1 aliphatic heterocycles. The zero-order chi connectivity index (χ0) is 15.4. The van der Waals surface area contributed by atoms with Gasteiger partial charge in [0.15, 0.2) is 5.82 Å². The molecule has 1 atom stereocenters. The number of hydrogen-bond donors (Lipinski definition) is 2. The van der Waals surface area contributed by atoms with Crippen LogP contribution in [-0.4, -0.2) is 41.5 Å². The standard InChI is InChI=1S/C15H17FN4O2/c16-13-8-11(2-3-14(13)20-6-1-4-18-20)19-15(21)9-12-10-22-7-5-17-12/h1-4,6,8,12,17H,5,7,9-10H2,(H,19,21). The molecule has 0 saturated carbocycles. The number of rotatable bonds is 4. The zero-order valence-corrected chi connectivity index (χ0v) is 12.0. The highest BCUT2D eigenvalue weighted by Gasteiger charge is 2.17. The third-order valence-corrected chi connectivity index (χ3v) is 3.41.